The molecule has 6 nitrogen and oxygen atoms in total. The largest absolute Gasteiger partial charge is 0.342 e. The molecule has 3 fully saturated rings. The van der Waals surface area contributed by atoms with Crippen LogP contribution in [0, 0.1) is 5.92 Å². The van der Waals surface area contributed by atoms with E-state index in [0.29, 0.717) is 19.0 Å². The van der Waals surface area contributed by atoms with Gasteiger partial charge in [-0.3, -0.25) is 14.5 Å². The zero-order valence-electron chi connectivity index (χ0n) is 18.9. The Balaban J connectivity index is 1.22. The van der Waals surface area contributed by atoms with Gasteiger partial charge in [0.15, 0.2) is 0 Å². The van der Waals surface area contributed by atoms with E-state index in [9.17, 15) is 9.59 Å². The van der Waals surface area contributed by atoms with Crippen molar-refractivity contribution >= 4 is 5.91 Å². The van der Waals surface area contributed by atoms with Crippen molar-refractivity contribution in [2.24, 2.45) is 5.92 Å². The minimum Gasteiger partial charge on any atom is -0.342 e. The molecule has 0 bridgehead atoms. The van der Waals surface area contributed by atoms with E-state index in [1.165, 1.54) is 57.8 Å². The fourth-order valence-electron chi connectivity index (χ4n) is 6.43. The van der Waals surface area contributed by atoms with E-state index < -0.39 is 0 Å². The first kappa shape index (κ1) is 21.2. The summed E-state index contributed by atoms with van der Waals surface area (Å²) in [6.45, 7) is 3.29. The van der Waals surface area contributed by atoms with E-state index in [4.69, 9.17) is 4.98 Å². The van der Waals surface area contributed by atoms with Gasteiger partial charge in [0.2, 0.25) is 5.91 Å². The normalized spacial score (nSPS) is 25.8. The first-order valence-corrected chi connectivity index (χ1v) is 12.8. The average Bonchev–Trinajstić information content (AvgIpc) is 3.50. The fraction of sp³-hybridized carbons (Fsp3) is 0.800. The molecule has 0 aromatic carbocycles. The van der Waals surface area contributed by atoms with Gasteiger partial charge in [-0.2, -0.15) is 0 Å². The molecule has 2 aliphatic carbocycles. The fourth-order valence-corrected chi connectivity index (χ4v) is 6.43. The lowest BCUT2D eigenvalue weighted by Gasteiger charge is -2.37. The number of hydrogen-bond donors (Lipinski definition) is 1. The van der Waals surface area contributed by atoms with Gasteiger partial charge in [0, 0.05) is 50.1 Å². The van der Waals surface area contributed by atoms with Gasteiger partial charge in [-0.1, -0.05) is 44.9 Å². The Hall–Kier alpha value is -1.69. The van der Waals surface area contributed by atoms with Crippen LogP contribution in [0.5, 0.6) is 0 Å². The van der Waals surface area contributed by atoms with E-state index in [1.807, 2.05) is 4.90 Å². The van der Waals surface area contributed by atoms with E-state index >= 15 is 0 Å². The van der Waals surface area contributed by atoms with E-state index in [0.717, 1.165) is 61.9 Å². The van der Waals surface area contributed by atoms with Crippen molar-refractivity contribution in [3.63, 3.8) is 0 Å². The predicted molar refractivity (Wildman–Crippen MR) is 121 cm³/mol. The van der Waals surface area contributed by atoms with Crippen LogP contribution in [0.25, 0.3) is 0 Å². The molecule has 2 saturated carbocycles. The van der Waals surface area contributed by atoms with Crippen molar-refractivity contribution in [3.8, 4) is 0 Å². The Morgan fingerprint density at radius 1 is 1.00 bits per heavy atom. The van der Waals surface area contributed by atoms with Gasteiger partial charge in [-0.25, -0.2) is 4.98 Å². The van der Waals surface area contributed by atoms with Crippen molar-refractivity contribution < 1.29 is 4.79 Å². The highest BCUT2D eigenvalue weighted by atomic mass is 16.2. The summed E-state index contributed by atoms with van der Waals surface area (Å²) in [6, 6.07) is 0.658. The molecule has 1 aromatic rings. The number of H-pyrrole nitrogens is 1. The lowest BCUT2D eigenvalue weighted by Crippen LogP contribution is -2.42. The van der Waals surface area contributed by atoms with E-state index in [-0.39, 0.29) is 17.4 Å². The molecule has 4 aliphatic rings. The summed E-state index contributed by atoms with van der Waals surface area (Å²) >= 11 is 0. The molecule has 5 rings (SSSR count). The predicted octanol–water partition coefficient (Wildman–Crippen LogP) is 3.75. The molecular weight excluding hydrogens is 388 g/mol. The van der Waals surface area contributed by atoms with Crippen molar-refractivity contribution in [2.75, 3.05) is 19.6 Å². The second-order valence-corrected chi connectivity index (χ2v) is 10.4. The molecule has 2 aliphatic heterocycles. The molecule has 1 saturated heterocycles. The highest BCUT2D eigenvalue weighted by molar-refractivity contribution is 5.76. The molecule has 31 heavy (non-hydrogen) atoms. The van der Waals surface area contributed by atoms with Gasteiger partial charge in [-0.15, -0.1) is 0 Å². The Bertz CT molecular complexity index is 838. The van der Waals surface area contributed by atoms with Crippen LogP contribution in [-0.2, 0) is 17.8 Å². The van der Waals surface area contributed by atoms with Crippen molar-refractivity contribution in [1.82, 2.24) is 19.8 Å². The summed E-state index contributed by atoms with van der Waals surface area (Å²) in [4.78, 5) is 38.1. The van der Waals surface area contributed by atoms with Crippen LogP contribution in [0.15, 0.2) is 4.79 Å². The Labute approximate surface area is 185 Å². The number of aromatic amines is 1. The van der Waals surface area contributed by atoms with Crippen LogP contribution in [0.1, 0.15) is 100 Å². The lowest BCUT2D eigenvalue weighted by molar-refractivity contribution is -0.130. The Morgan fingerprint density at radius 2 is 1.77 bits per heavy atom. The van der Waals surface area contributed by atoms with Crippen LogP contribution < -0.4 is 5.56 Å². The second-order valence-electron chi connectivity index (χ2n) is 10.4. The molecule has 1 aromatic heterocycles. The Morgan fingerprint density at radius 3 is 2.58 bits per heavy atom. The molecule has 1 amide bonds. The molecule has 0 unspecified atom stereocenters. The highest BCUT2D eigenvalue weighted by Gasteiger charge is 2.32. The number of hydrogen-bond acceptors (Lipinski definition) is 4. The number of aromatic nitrogens is 2. The van der Waals surface area contributed by atoms with Crippen LogP contribution in [0.2, 0.25) is 0 Å². The molecule has 6 heteroatoms. The maximum atomic E-state index is 12.8. The highest BCUT2D eigenvalue weighted by Crippen LogP contribution is 2.31. The quantitative estimate of drug-likeness (QED) is 0.779. The van der Waals surface area contributed by atoms with Gasteiger partial charge in [0.25, 0.3) is 5.56 Å². The number of nitrogens with one attached hydrogen (secondary N) is 1. The monoisotopic (exact) mass is 426 g/mol. The maximum Gasteiger partial charge on any atom is 0.254 e. The number of fused-ring (bicyclic) bond motifs is 1. The number of amides is 1. The third kappa shape index (κ3) is 4.74. The number of carbonyl (C=O) groups excluding carboxylic acids is 1. The molecule has 170 valence electrons. The van der Waals surface area contributed by atoms with Crippen molar-refractivity contribution in [2.45, 2.75) is 102 Å². The summed E-state index contributed by atoms with van der Waals surface area (Å²) in [7, 11) is 0. The first-order chi connectivity index (χ1) is 15.2. The average molecular weight is 427 g/mol. The summed E-state index contributed by atoms with van der Waals surface area (Å²) < 4.78 is 0. The molecule has 0 radical (unpaired) electrons. The van der Waals surface area contributed by atoms with Gasteiger partial charge in [-0.05, 0) is 38.0 Å². The lowest BCUT2D eigenvalue weighted by atomic mass is 9.92. The third-order valence-electron chi connectivity index (χ3n) is 8.38. The summed E-state index contributed by atoms with van der Waals surface area (Å²) in [5.74, 6) is 2.02. The molecule has 3 heterocycles. The van der Waals surface area contributed by atoms with Gasteiger partial charge < -0.3 is 9.88 Å². The number of likely N-dealkylation sites (tertiary alicyclic amines) is 1. The maximum absolute atomic E-state index is 12.8. The van der Waals surface area contributed by atoms with Gasteiger partial charge in [0.1, 0.15) is 5.82 Å². The number of carbonyl (C=O) groups is 1. The minimum absolute atomic E-state index is 0.0503. The van der Waals surface area contributed by atoms with E-state index in [2.05, 4.69) is 9.88 Å². The zero-order valence-corrected chi connectivity index (χ0v) is 18.9. The zero-order chi connectivity index (χ0) is 21.2. The SMILES string of the molecule is O=C(CCC1CCCC1)N1CC[C@@H](c2nc3c(c(=O)[nH]2)CCN(C2CCCCC2)C3)C1. The first-order valence-electron chi connectivity index (χ1n) is 12.8. The Kier molecular flexibility index (Phi) is 6.44. The standard InChI is InChI=1S/C25H38N4O2/c30-23(11-10-18-6-4-5-7-18)29-14-12-19(16-29)24-26-22-17-28(20-8-2-1-3-9-20)15-13-21(22)25(31)27-24/h18-20H,1-17H2,(H,26,27,31)/t19-/m1/s1. The molecule has 0 spiro atoms. The topological polar surface area (TPSA) is 69.3 Å². The van der Waals surface area contributed by atoms with Crippen LogP contribution >= 0.6 is 0 Å². The van der Waals surface area contributed by atoms with Crippen LogP contribution in [0.3, 0.4) is 0 Å². The van der Waals surface area contributed by atoms with Crippen LogP contribution in [-0.4, -0.2) is 51.4 Å². The second kappa shape index (κ2) is 9.43. The molecule has 1 atom stereocenters. The van der Waals surface area contributed by atoms with E-state index in [1.54, 1.807) is 0 Å². The van der Waals surface area contributed by atoms with Crippen molar-refractivity contribution in [3.05, 3.63) is 27.4 Å². The number of rotatable bonds is 5. The summed E-state index contributed by atoms with van der Waals surface area (Å²) in [5.41, 5.74) is 1.93. The summed E-state index contributed by atoms with van der Waals surface area (Å²) in [5, 5.41) is 0. The third-order valence-corrected chi connectivity index (χ3v) is 8.38. The van der Waals surface area contributed by atoms with Crippen molar-refractivity contribution in [1.29, 1.82) is 0 Å². The van der Waals surface area contributed by atoms with Gasteiger partial charge >= 0.3 is 0 Å². The summed E-state index contributed by atoms with van der Waals surface area (Å²) in [6.07, 6.45) is 15.3. The smallest absolute Gasteiger partial charge is 0.254 e. The van der Waals surface area contributed by atoms with Crippen LogP contribution in [0.4, 0.5) is 0 Å². The number of nitrogens with zero attached hydrogens (tertiary/aromatic N) is 3. The van der Waals surface area contributed by atoms with Gasteiger partial charge in [0.05, 0.1) is 5.69 Å². The molecule has 1 N–H and O–H groups in total. The molecular formula is C25H38N4O2. The minimum atomic E-state index is 0.0503.